The smallest absolute Gasteiger partial charge is 0.359 e. The predicted molar refractivity (Wildman–Crippen MR) is 64.9 cm³/mol. The molecule has 1 aliphatic heterocycles. The number of nitrogens with zero attached hydrogens (tertiary/aromatic N) is 1. The number of para-hydroxylation sites is 1. The van der Waals surface area contributed by atoms with Crippen LogP contribution in [0.2, 0.25) is 0 Å². The standard InChI is InChI=1S/C11H11F3N2O3S/c12-11(13,14)20(18,19)9-4-2-1-3-8(9)16-6-5-15-10(17)7-16/h1-4H,5-7H2,(H,15,17). The lowest BCUT2D eigenvalue weighted by Gasteiger charge is -2.30. The summed E-state index contributed by atoms with van der Waals surface area (Å²) in [4.78, 5) is 11.8. The summed E-state index contributed by atoms with van der Waals surface area (Å²) in [7, 11) is -5.45. The van der Waals surface area contributed by atoms with E-state index in [1.54, 1.807) is 0 Å². The maximum absolute atomic E-state index is 12.7. The van der Waals surface area contributed by atoms with Crippen LogP contribution in [0.5, 0.6) is 0 Å². The molecule has 1 N–H and O–H groups in total. The van der Waals surface area contributed by atoms with Gasteiger partial charge in [-0.2, -0.15) is 13.2 Å². The summed E-state index contributed by atoms with van der Waals surface area (Å²) in [6.07, 6.45) is 0. The topological polar surface area (TPSA) is 66.5 Å². The molecular formula is C11H11F3N2O3S. The molecule has 0 radical (unpaired) electrons. The Morgan fingerprint density at radius 2 is 1.85 bits per heavy atom. The number of benzene rings is 1. The van der Waals surface area contributed by atoms with Crippen LogP contribution < -0.4 is 10.2 Å². The Balaban J connectivity index is 2.49. The van der Waals surface area contributed by atoms with Crippen molar-refractivity contribution < 1.29 is 26.4 Å². The molecule has 5 nitrogen and oxygen atoms in total. The van der Waals surface area contributed by atoms with Gasteiger partial charge in [0.15, 0.2) is 0 Å². The van der Waals surface area contributed by atoms with Crippen molar-refractivity contribution in [3.63, 3.8) is 0 Å². The van der Waals surface area contributed by atoms with E-state index >= 15 is 0 Å². The maximum Gasteiger partial charge on any atom is 0.501 e. The molecule has 0 unspecified atom stereocenters. The molecule has 9 heteroatoms. The van der Waals surface area contributed by atoms with E-state index in [0.717, 1.165) is 6.07 Å². The second kappa shape index (κ2) is 4.97. The Hall–Kier alpha value is -1.77. The van der Waals surface area contributed by atoms with Crippen molar-refractivity contribution in [2.75, 3.05) is 24.5 Å². The minimum absolute atomic E-state index is 0.111. The summed E-state index contributed by atoms with van der Waals surface area (Å²) < 4.78 is 61.1. The quantitative estimate of drug-likeness (QED) is 0.882. The average Bonchev–Trinajstić information content (AvgIpc) is 2.37. The Morgan fingerprint density at radius 1 is 1.20 bits per heavy atom. The number of amides is 1. The van der Waals surface area contributed by atoms with Gasteiger partial charge in [-0.15, -0.1) is 0 Å². The van der Waals surface area contributed by atoms with Crippen molar-refractivity contribution in [2.45, 2.75) is 10.4 Å². The fraction of sp³-hybridized carbons (Fsp3) is 0.364. The third kappa shape index (κ3) is 2.58. The highest BCUT2D eigenvalue weighted by molar-refractivity contribution is 7.92. The predicted octanol–water partition coefficient (Wildman–Crippen LogP) is 0.916. The molecule has 0 aromatic heterocycles. The van der Waals surface area contributed by atoms with Crippen LogP contribution in [0.25, 0.3) is 0 Å². The minimum atomic E-state index is -5.45. The van der Waals surface area contributed by atoms with Crippen LogP contribution in [0.15, 0.2) is 29.2 Å². The molecule has 1 fully saturated rings. The zero-order valence-electron chi connectivity index (χ0n) is 10.1. The van der Waals surface area contributed by atoms with E-state index in [4.69, 9.17) is 0 Å². The first kappa shape index (κ1) is 14.6. The van der Waals surface area contributed by atoms with E-state index in [1.807, 2.05) is 0 Å². The summed E-state index contributed by atoms with van der Waals surface area (Å²) in [6.45, 7) is 0.319. The van der Waals surface area contributed by atoms with Crippen LogP contribution in [0, 0.1) is 0 Å². The second-order valence-corrected chi connectivity index (χ2v) is 6.10. The largest absolute Gasteiger partial charge is 0.501 e. The van der Waals surface area contributed by atoms with Gasteiger partial charge in [0, 0.05) is 13.1 Å². The second-order valence-electron chi connectivity index (χ2n) is 4.19. The van der Waals surface area contributed by atoms with Gasteiger partial charge in [-0.25, -0.2) is 8.42 Å². The number of sulfone groups is 1. The van der Waals surface area contributed by atoms with Crippen LogP contribution in [0.1, 0.15) is 0 Å². The van der Waals surface area contributed by atoms with Crippen molar-refractivity contribution in [3.05, 3.63) is 24.3 Å². The molecule has 0 atom stereocenters. The van der Waals surface area contributed by atoms with Crippen LogP contribution in [-0.2, 0) is 14.6 Å². The molecule has 1 heterocycles. The highest BCUT2D eigenvalue weighted by atomic mass is 32.2. The van der Waals surface area contributed by atoms with Gasteiger partial charge in [0.2, 0.25) is 5.91 Å². The van der Waals surface area contributed by atoms with Gasteiger partial charge in [-0.05, 0) is 12.1 Å². The normalized spacial score (nSPS) is 16.9. The van der Waals surface area contributed by atoms with Crippen molar-refractivity contribution >= 4 is 21.4 Å². The van der Waals surface area contributed by atoms with E-state index in [2.05, 4.69) is 5.32 Å². The van der Waals surface area contributed by atoms with Gasteiger partial charge >= 0.3 is 5.51 Å². The van der Waals surface area contributed by atoms with Crippen LogP contribution in [-0.4, -0.2) is 39.5 Å². The zero-order valence-corrected chi connectivity index (χ0v) is 11.0. The summed E-state index contributed by atoms with van der Waals surface area (Å²) in [6, 6.07) is 4.80. The molecule has 0 saturated carbocycles. The number of piperazine rings is 1. The summed E-state index contributed by atoms with van der Waals surface area (Å²) in [5, 5.41) is 2.52. The van der Waals surface area contributed by atoms with Gasteiger partial charge < -0.3 is 10.2 Å². The number of anilines is 1. The third-order valence-corrected chi connectivity index (χ3v) is 4.37. The van der Waals surface area contributed by atoms with Gasteiger partial charge in [0.25, 0.3) is 9.84 Å². The number of alkyl halides is 3. The number of nitrogens with one attached hydrogen (secondary N) is 1. The molecule has 0 bridgehead atoms. The fourth-order valence-electron chi connectivity index (χ4n) is 1.91. The number of hydrogen-bond donors (Lipinski definition) is 1. The molecule has 1 saturated heterocycles. The maximum atomic E-state index is 12.7. The Labute approximate surface area is 113 Å². The number of hydrogen-bond acceptors (Lipinski definition) is 4. The molecule has 20 heavy (non-hydrogen) atoms. The first-order chi connectivity index (χ1) is 9.23. The lowest BCUT2D eigenvalue weighted by molar-refractivity contribution is -0.120. The summed E-state index contributed by atoms with van der Waals surface area (Å²) in [5.41, 5.74) is -5.49. The molecule has 0 aliphatic carbocycles. The van der Waals surface area contributed by atoms with Crippen LogP contribution in [0.4, 0.5) is 18.9 Å². The molecule has 2 rings (SSSR count). The minimum Gasteiger partial charge on any atom is -0.359 e. The first-order valence-corrected chi connectivity index (χ1v) is 7.14. The SMILES string of the molecule is O=C1CN(c2ccccc2S(=O)(=O)C(F)(F)F)CCN1. The van der Waals surface area contributed by atoms with E-state index in [-0.39, 0.29) is 31.2 Å². The van der Waals surface area contributed by atoms with Crippen LogP contribution in [0.3, 0.4) is 0 Å². The van der Waals surface area contributed by atoms with Crippen molar-refractivity contribution in [1.29, 1.82) is 0 Å². The van der Waals surface area contributed by atoms with Gasteiger partial charge in [0.1, 0.15) is 0 Å². The Kier molecular flexibility index (Phi) is 3.63. The zero-order chi connectivity index (χ0) is 15.0. The van der Waals surface area contributed by atoms with Crippen LogP contribution >= 0.6 is 0 Å². The third-order valence-electron chi connectivity index (χ3n) is 2.84. The van der Waals surface area contributed by atoms with Gasteiger partial charge in [-0.1, -0.05) is 12.1 Å². The van der Waals surface area contributed by atoms with Crippen molar-refractivity contribution in [3.8, 4) is 0 Å². The lowest BCUT2D eigenvalue weighted by atomic mass is 10.2. The Morgan fingerprint density at radius 3 is 2.45 bits per heavy atom. The molecule has 110 valence electrons. The first-order valence-electron chi connectivity index (χ1n) is 5.65. The summed E-state index contributed by atoms with van der Waals surface area (Å²) >= 11 is 0. The molecule has 1 aromatic rings. The molecular weight excluding hydrogens is 297 g/mol. The highest BCUT2D eigenvalue weighted by Crippen LogP contribution is 2.35. The summed E-state index contributed by atoms with van der Waals surface area (Å²) in [5.74, 6) is -0.365. The van der Waals surface area contributed by atoms with E-state index < -0.39 is 20.2 Å². The monoisotopic (exact) mass is 308 g/mol. The number of halogens is 3. The van der Waals surface area contributed by atoms with E-state index in [1.165, 1.54) is 23.1 Å². The number of rotatable bonds is 2. The van der Waals surface area contributed by atoms with E-state index in [9.17, 15) is 26.4 Å². The van der Waals surface area contributed by atoms with Crippen molar-refractivity contribution in [1.82, 2.24) is 5.32 Å². The average molecular weight is 308 g/mol. The molecule has 1 aliphatic rings. The molecule has 1 amide bonds. The van der Waals surface area contributed by atoms with Gasteiger partial charge in [0.05, 0.1) is 17.1 Å². The van der Waals surface area contributed by atoms with Gasteiger partial charge in [-0.3, -0.25) is 4.79 Å². The van der Waals surface area contributed by atoms with Crippen molar-refractivity contribution in [2.24, 2.45) is 0 Å². The number of carbonyl (C=O) groups is 1. The lowest BCUT2D eigenvalue weighted by Crippen LogP contribution is -2.48. The molecule has 1 aromatic carbocycles. The number of carbonyl (C=O) groups excluding carboxylic acids is 1. The highest BCUT2D eigenvalue weighted by Gasteiger charge is 2.48. The van der Waals surface area contributed by atoms with E-state index in [0.29, 0.717) is 0 Å². The fourth-order valence-corrected chi connectivity index (χ4v) is 2.89. The Bertz CT molecular complexity index is 628. The molecule has 0 spiro atoms.